The standard InChI is InChI=1S/C14H18N4/c15-13-3-1-12(2-4-13)5-7-17-9-10-18-8-6-16-14(18)11-17/h1-4,6,8H,5,7,9-11,15H2. The molecule has 4 nitrogen and oxygen atoms in total. The SMILES string of the molecule is Nc1ccc(CCN2CCn3ccnc3C2)cc1. The van der Waals surface area contributed by atoms with Gasteiger partial charge in [0.15, 0.2) is 0 Å². The van der Waals surface area contributed by atoms with E-state index in [4.69, 9.17) is 5.73 Å². The molecule has 4 heteroatoms. The maximum atomic E-state index is 5.69. The molecular weight excluding hydrogens is 224 g/mol. The molecule has 94 valence electrons. The second-order valence-corrected chi connectivity index (χ2v) is 4.80. The topological polar surface area (TPSA) is 47.1 Å². The molecule has 1 aliphatic heterocycles. The normalized spacial score (nSPS) is 15.6. The number of nitrogens with zero attached hydrogens (tertiary/aromatic N) is 3. The van der Waals surface area contributed by atoms with Crippen molar-refractivity contribution >= 4 is 5.69 Å². The molecule has 1 aromatic heterocycles. The van der Waals surface area contributed by atoms with Gasteiger partial charge in [0.2, 0.25) is 0 Å². The number of aromatic nitrogens is 2. The number of nitrogens with two attached hydrogens (primary N) is 1. The second-order valence-electron chi connectivity index (χ2n) is 4.80. The predicted octanol–water partition coefficient (Wildman–Crippen LogP) is 1.52. The first kappa shape index (κ1) is 11.3. The van der Waals surface area contributed by atoms with Gasteiger partial charge in [0, 0.05) is 37.7 Å². The van der Waals surface area contributed by atoms with Crippen LogP contribution < -0.4 is 5.73 Å². The number of hydrogen-bond acceptors (Lipinski definition) is 3. The second kappa shape index (κ2) is 4.82. The van der Waals surface area contributed by atoms with Gasteiger partial charge in [-0.25, -0.2) is 4.98 Å². The van der Waals surface area contributed by atoms with Crippen molar-refractivity contribution in [2.24, 2.45) is 0 Å². The van der Waals surface area contributed by atoms with Gasteiger partial charge < -0.3 is 10.3 Å². The van der Waals surface area contributed by atoms with Crippen molar-refractivity contribution in [2.45, 2.75) is 19.5 Å². The highest BCUT2D eigenvalue weighted by atomic mass is 15.2. The lowest BCUT2D eigenvalue weighted by Gasteiger charge is -2.27. The Morgan fingerprint density at radius 1 is 1.17 bits per heavy atom. The first-order chi connectivity index (χ1) is 8.81. The Bertz CT molecular complexity index is 515. The van der Waals surface area contributed by atoms with E-state index in [-0.39, 0.29) is 0 Å². The van der Waals surface area contributed by atoms with Crippen molar-refractivity contribution < 1.29 is 0 Å². The molecule has 2 aromatic rings. The first-order valence-electron chi connectivity index (χ1n) is 6.38. The molecule has 0 spiro atoms. The van der Waals surface area contributed by atoms with Crippen LogP contribution in [0.2, 0.25) is 0 Å². The van der Waals surface area contributed by atoms with Gasteiger partial charge in [-0.2, -0.15) is 0 Å². The third-order valence-corrected chi connectivity index (χ3v) is 3.52. The molecule has 0 saturated heterocycles. The fourth-order valence-corrected chi connectivity index (χ4v) is 2.39. The zero-order valence-corrected chi connectivity index (χ0v) is 10.4. The van der Waals surface area contributed by atoms with Crippen LogP contribution in [0.4, 0.5) is 5.69 Å². The lowest BCUT2D eigenvalue weighted by molar-refractivity contribution is 0.219. The van der Waals surface area contributed by atoms with Crippen LogP contribution >= 0.6 is 0 Å². The summed E-state index contributed by atoms with van der Waals surface area (Å²) < 4.78 is 2.24. The average molecular weight is 242 g/mol. The Morgan fingerprint density at radius 3 is 2.83 bits per heavy atom. The summed E-state index contributed by atoms with van der Waals surface area (Å²) in [4.78, 5) is 6.84. The van der Waals surface area contributed by atoms with Gasteiger partial charge in [-0.3, -0.25) is 4.90 Å². The van der Waals surface area contributed by atoms with Crippen molar-refractivity contribution in [3.63, 3.8) is 0 Å². The molecule has 0 bridgehead atoms. The Hall–Kier alpha value is -1.81. The number of anilines is 1. The van der Waals surface area contributed by atoms with E-state index in [1.807, 2.05) is 18.3 Å². The summed E-state index contributed by atoms with van der Waals surface area (Å²) in [5.74, 6) is 1.18. The molecule has 0 atom stereocenters. The molecule has 0 unspecified atom stereocenters. The zero-order valence-electron chi connectivity index (χ0n) is 10.4. The van der Waals surface area contributed by atoms with Gasteiger partial charge in [-0.15, -0.1) is 0 Å². The smallest absolute Gasteiger partial charge is 0.122 e. The van der Waals surface area contributed by atoms with Crippen molar-refractivity contribution in [3.05, 3.63) is 48.0 Å². The van der Waals surface area contributed by atoms with Gasteiger partial charge >= 0.3 is 0 Å². The Morgan fingerprint density at radius 2 is 2.00 bits per heavy atom. The number of fused-ring (bicyclic) bond motifs is 1. The lowest BCUT2D eigenvalue weighted by atomic mass is 10.1. The van der Waals surface area contributed by atoms with E-state index >= 15 is 0 Å². The molecule has 18 heavy (non-hydrogen) atoms. The minimum absolute atomic E-state index is 0.832. The average Bonchev–Trinajstić information content (AvgIpc) is 2.85. The minimum Gasteiger partial charge on any atom is -0.399 e. The molecule has 0 fully saturated rings. The number of hydrogen-bond donors (Lipinski definition) is 1. The quantitative estimate of drug-likeness (QED) is 0.830. The van der Waals surface area contributed by atoms with Crippen LogP contribution in [-0.2, 0) is 19.5 Å². The van der Waals surface area contributed by atoms with E-state index in [0.717, 1.165) is 38.3 Å². The zero-order chi connectivity index (χ0) is 12.4. The van der Waals surface area contributed by atoms with Crippen LogP contribution in [0.15, 0.2) is 36.7 Å². The Balaban J connectivity index is 1.57. The van der Waals surface area contributed by atoms with E-state index in [1.165, 1.54) is 11.4 Å². The molecule has 2 N–H and O–H groups in total. The van der Waals surface area contributed by atoms with E-state index in [2.05, 4.69) is 32.8 Å². The van der Waals surface area contributed by atoms with Gasteiger partial charge in [-0.1, -0.05) is 12.1 Å². The molecule has 0 amide bonds. The summed E-state index contributed by atoms with van der Waals surface area (Å²) >= 11 is 0. The van der Waals surface area contributed by atoms with Gasteiger partial charge in [0.25, 0.3) is 0 Å². The van der Waals surface area contributed by atoms with Crippen LogP contribution in [0.25, 0.3) is 0 Å². The monoisotopic (exact) mass is 242 g/mol. The van der Waals surface area contributed by atoms with Crippen LogP contribution in [0.3, 0.4) is 0 Å². The number of nitrogen functional groups attached to an aromatic ring is 1. The van der Waals surface area contributed by atoms with Crippen LogP contribution in [0.1, 0.15) is 11.4 Å². The molecule has 1 aromatic carbocycles. The fraction of sp³-hybridized carbons (Fsp3) is 0.357. The van der Waals surface area contributed by atoms with E-state index in [0.29, 0.717) is 0 Å². The number of benzene rings is 1. The van der Waals surface area contributed by atoms with Crippen molar-refractivity contribution in [3.8, 4) is 0 Å². The molecule has 1 aliphatic rings. The van der Waals surface area contributed by atoms with Gasteiger partial charge in [0.05, 0.1) is 6.54 Å². The molecule has 0 aliphatic carbocycles. The third-order valence-electron chi connectivity index (χ3n) is 3.52. The van der Waals surface area contributed by atoms with E-state index < -0.39 is 0 Å². The first-order valence-corrected chi connectivity index (χ1v) is 6.38. The summed E-state index contributed by atoms with van der Waals surface area (Å²) in [5.41, 5.74) is 7.86. The van der Waals surface area contributed by atoms with Crippen LogP contribution in [0, 0.1) is 0 Å². The number of imidazole rings is 1. The van der Waals surface area contributed by atoms with Gasteiger partial charge in [0.1, 0.15) is 5.82 Å². The third kappa shape index (κ3) is 2.38. The highest BCUT2D eigenvalue weighted by Gasteiger charge is 2.15. The highest BCUT2D eigenvalue weighted by Crippen LogP contribution is 2.12. The van der Waals surface area contributed by atoms with Crippen LogP contribution in [-0.4, -0.2) is 27.5 Å². The summed E-state index contributed by atoms with van der Waals surface area (Å²) in [7, 11) is 0. The maximum absolute atomic E-state index is 5.69. The summed E-state index contributed by atoms with van der Waals surface area (Å²) in [5, 5.41) is 0. The minimum atomic E-state index is 0.832. The summed E-state index contributed by atoms with van der Waals surface area (Å²) in [6.45, 7) is 4.20. The molecule has 0 saturated carbocycles. The summed E-state index contributed by atoms with van der Waals surface area (Å²) in [6, 6.07) is 8.16. The summed E-state index contributed by atoms with van der Waals surface area (Å²) in [6.07, 6.45) is 5.02. The lowest BCUT2D eigenvalue weighted by Crippen LogP contribution is -2.35. The van der Waals surface area contributed by atoms with Crippen molar-refractivity contribution in [1.29, 1.82) is 0 Å². The Kier molecular flexibility index (Phi) is 3.02. The Labute approximate surface area is 107 Å². The van der Waals surface area contributed by atoms with E-state index in [1.54, 1.807) is 0 Å². The van der Waals surface area contributed by atoms with Gasteiger partial charge in [-0.05, 0) is 24.1 Å². The van der Waals surface area contributed by atoms with Crippen LogP contribution in [0.5, 0.6) is 0 Å². The van der Waals surface area contributed by atoms with Crippen molar-refractivity contribution in [1.82, 2.24) is 14.5 Å². The fourth-order valence-electron chi connectivity index (χ4n) is 2.39. The van der Waals surface area contributed by atoms with E-state index in [9.17, 15) is 0 Å². The number of rotatable bonds is 3. The molecule has 2 heterocycles. The van der Waals surface area contributed by atoms with Crippen molar-refractivity contribution in [2.75, 3.05) is 18.8 Å². The molecule has 3 rings (SSSR count). The predicted molar refractivity (Wildman–Crippen MR) is 72.1 cm³/mol. The maximum Gasteiger partial charge on any atom is 0.122 e. The molecular formula is C14H18N4. The molecule has 0 radical (unpaired) electrons. The highest BCUT2D eigenvalue weighted by molar-refractivity contribution is 5.39. The largest absolute Gasteiger partial charge is 0.399 e.